The van der Waals surface area contributed by atoms with E-state index in [1.165, 1.54) is 0 Å². The minimum absolute atomic E-state index is 0.472. The van der Waals surface area contributed by atoms with Gasteiger partial charge in [-0.05, 0) is 32.1 Å². The maximum Gasteiger partial charge on any atom is 0.226 e. The monoisotopic (exact) mass is 225 g/mol. The van der Waals surface area contributed by atoms with E-state index in [-0.39, 0.29) is 0 Å². The van der Waals surface area contributed by atoms with Gasteiger partial charge in [0.1, 0.15) is 0 Å². The summed E-state index contributed by atoms with van der Waals surface area (Å²) in [6, 6.07) is 0. The Morgan fingerprint density at radius 1 is 1.44 bits per heavy atom. The smallest absolute Gasteiger partial charge is 0.226 e. The summed E-state index contributed by atoms with van der Waals surface area (Å²) in [6.07, 6.45) is 3.79. The zero-order valence-electron chi connectivity index (χ0n) is 10.8. The van der Waals surface area contributed by atoms with Gasteiger partial charge in [0, 0.05) is 6.42 Å². The second-order valence-electron chi connectivity index (χ2n) is 5.11. The van der Waals surface area contributed by atoms with E-state index >= 15 is 0 Å². The van der Waals surface area contributed by atoms with Crippen molar-refractivity contribution < 1.29 is 4.52 Å². The molecule has 4 heteroatoms. The molecule has 4 nitrogen and oxygen atoms in total. The predicted molar refractivity (Wildman–Crippen MR) is 63.9 cm³/mol. The average Bonchev–Trinajstić information content (AvgIpc) is 2.65. The van der Waals surface area contributed by atoms with Gasteiger partial charge in [-0.2, -0.15) is 4.98 Å². The number of aromatic nitrogens is 2. The number of rotatable bonds is 6. The van der Waals surface area contributed by atoms with E-state index < -0.39 is 5.54 Å². The molecule has 0 aliphatic heterocycles. The molecule has 92 valence electrons. The fourth-order valence-corrected chi connectivity index (χ4v) is 1.50. The van der Waals surface area contributed by atoms with E-state index in [2.05, 4.69) is 30.9 Å². The van der Waals surface area contributed by atoms with Crippen LogP contribution in [-0.2, 0) is 12.0 Å². The largest absolute Gasteiger partial charge is 0.339 e. The van der Waals surface area contributed by atoms with Crippen molar-refractivity contribution in [1.82, 2.24) is 10.1 Å². The lowest BCUT2D eigenvalue weighted by Gasteiger charge is -2.21. The molecule has 0 aliphatic rings. The maximum absolute atomic E-state index is 6.21. The average molecular weight is 225 g/mol. The van der Waals surface area contributed by atoms with Crippen LogP contribution in [0.15, 0.2) is 4.52 Å². The summed E-state index contributed by atoms with van der Waals surface area (Å²) in [7, 11) is 0. The number of hydrogen-bond acceptors (Lipinski definition) is 4. The lowest BCUT2D eigenvalue weighted by molar-refractivity contribution is 0.335. The molecule has 2 N–H and O–H groups in total. The Kier molecular flexibility index (Phi) is 4.47. The summed E-state index contributed by atoms with van der Waals surface area (Å²) in [5.41, 5.74) is 5.74. The molecule has 1 atom stereocenters. The fourth-order valence-electron chi connectivity index (χ4n) is 1.50. The summed E-state index contributed by atoms with van der Waals surface area (Å²) in [4.78, 5) is 4.35. The highest BCUT2D eigenvalue weighted by molar-refractivity contribution is 5.01. The van der Waals surface area contributed by atoms with Crippen molar-refractivity contribution in [3.05, 3.63) is 11.7 Å². The quantitative estimate of drug-likeness (QED) is 0.808. The number of aryl methyl sites for hydroxylation is 1. The lowest BCUT2D eigenvalue weighted by Crippen LogP contribution is -2.34. The van der Waals surface area contributed by atoms with Crippen LogP contribution in [0.1, 0.15) is 58.7 Å². The Hall–Kier alpha value is -0.900. The van der Waals surface area contributed by atoms with Crippen LogP contribution in [0, 0.1) is 5.92 Å². The summed E-state index contributed by atoms with van der Waals surface area (Å²) in [5.74, 6) is 1.97. The molecule has 1 unspecified atom stereocenters. The molecular weight excluding hydrogens is 202 g/mol. The Bertz CT molecular complexity index is 318. The van der Waals surface area contributed by atoms with Crippen LogP contribution < -0.4 is 5.73 Å². The van der Waals surface area contributed by atoms with Crippen LogP contribution >= 0.6 is 0 Å². The molecule has 1 heterocycles. The van der Waals surface area contributed by atoms with Gasteiger partial charge in [-0.25, -0.2) is 0 Å². The van der Waals surface area contributed by atoms with Crippen LogP contribution in [0.2, 0.25) is 0 Å². The van der Waals surface area contributed by atoms with Gasteiger partial charge < -0.3 is 10.3 Å². The molecule has 0 fully saturated rings. The van der Waals surface area contributed by atoms with Crippen LogP contribution in [0.25, 0.3) is 0 Å². The number of nitrogens with zero attached hydrogens (tertiary/aromatic N) is 2. The highest BCUT2D eigenvalue weighted by Crippen LogP contribution is 2.22. The van der Waals surface area contributed by atoms with Crippen molar-refractivity contribution >= 4 is 0 Å². The first-order valence-electron chi connectivity index (χ1n) is 6.07. The highest BCUT2D eigenvalue weighted by atomic mass is 16.5. The molecule has 16 heavy (non-hydrogen) atoms. The van der Waals surface area contributed by atoms with Crippen LogP contribution in [0.4, 0.5) is 0 Å². The minimum Gasteiger partial charge on any atom is -0.339 e. The van der Waals surface area contributed by atoms with Gasteiger partial charge >= 0.3 is 0 Å². The van der Waals surface area contributed by atoms with Crippen molar-refractivity contribution in [2.45, 2.75) is 58.9 Å². The predicted octanol–water partition coefficient (Wildman–Crippen LogP) is 2.63. The molecule has 0 radical (unpaired) electrons. The second kappa shape index (κ2) is 5.43. The lowest BCUT2D eigenvalue weighted by atomic mass is 9.92. The minimum atomic E-state index is -0.472. The molecule has 0 saturated carbocycles. The van der Waals surface area contributed by atoms with E-state index in [1.807, 2.05) is 6.92 Å². The normalized spacial score (nSPS) is 15.4. The number of nitrogens with two attached hydrogens (primary N) is 1. The van der Waals surface area contributed by atoms with Gasteiger partial charge in [-0.1, -0.05) is 25.9 Å². The van der Waals surface area contributed by atoms with Gasteiger partial charge in [0.15, 0.2) is 5.82 Å². The summed E-state index contributed by atoms with van der Waals surface area (Å²) >= 11 is 0. The highest BCUT2D eigenvalue weighted by Gasteiger charge is 2.27. The summed E-state index contributed by atoms with van der Waals surface area (Å²) < 4.78 is 5.16. The van der Waals surface area contributed by atoms with Crippen LogP contribution in [-0.4, -0.2) is 10.1 Å². The SMILES string of the molecule is CCCc1nc(C(C)(N)CCC(C)C)no1. The number of hydrogen-bond donors (Lipinski definition) is 1. The first-order chi connectivity index (χ1) is 7.45. The Morgan fingerprint density at radius 3 is 2.69 bits per heavy atom. The Labute approximate surface area is 97.6 Å². The molecule has 0 amide bonds. The molecule has 1 aromatic heterocycles. The van der Waals surface area contributed by atoms with Crippen LogP contribution in [0.5, 0.6) is 0 Å². The molecule has 1 aromatic rings. The zero-order valence-corrected chi connectivity index (χ0v) is 10.8. The fraction of sp³-hybridized carbons (Fsp3) is 0.833. The van der Waals surface area contributed by atoms with Gasteiger partial charge in [0.25, 0.3) is 0 Å². The van der Waals surface area contributed by atoms with Gasteiger partial charge in [0.2, 0.25) is 5.89 Å². The summed E-state index contributed by atoms with van der Waals surface area (Å²) in [6.45, 7) is 8.43. The third-order valence-corrected chi connectivity index (χ3v) is 2.68. The molecular formula is C12H23N3O. The summed E-state index contributed by atoms with van der Waals surface area (Å²) in [5, 5.41) is 3.97. The first kappa shape index (κ1) is 13.2. The third-order valence-electron chi connectivity index (χ3n) is 2.68. The molecule has 0 aliphatic carbocycles. The van der Waals surface area contributed by atoms with E-state index in [9.17, 15) is 0 Å². The van der Waals surface area contributed by atoms with E-state index in [0.29, 0.717) is 17.6 Å². The van der Waals surface area contributed by atoms with Crippen LogP contribution in [0.3, 0.4) is 0 Å². The van der Waals surface area contributed by atoms with E-state index in [0.717, 1.165) is 25.7 Å². The second-order valence-corrected chi connectivity index (χ2v) is 5.11. The van der Waals surface area contributed by atoms with Gasteiger partial charge in [-0.15, -0.1) is 0 Å². The zero-order chi connectivity index (χ0) is 12.2. The molecule has 0 saturated heterocycles. The molecule has 0 bridgehead atoms. The van der Waals surface area contributed by atoms with Crippen molar-refractivity contribution in [2.75, 3.05) is 0 Å². The molecule has 0 aromatic carbocycles. The maximum atomic E-state index is 6.21. The Balaban J connectivity index is 2.65. The topological polar surface area (TPSA) is 64.9 Å². The molecule has 1 rings (SSSR count). The van der Waals surface area contributed by atoms with Gasteiger partial charge in [0.05, 0.1) is 5.54 Å². The Morgan fingerprint density at radius 2 is 2.12 bits per heavy atom. The van der Waals surface area contributed by atoms with Gasteiger partial charge in [-0.3, -0.25) is 0 Å². The molecule has 0 spiro atoms. The third kappa shape index (κ3) is 3.59. The van der Waals surface area contributed by atoms with E-state index in [4.69, 9.17) is 10.3 Å². The van der Waals surface area contributed by atoms with Crippen molar-refractivity contribution in [3.63, 3.8) is 0 Å². The van der Waals surface area contributed by atoms with Crippen molar-refractivity contribution in [3.8, 4) is 0 Å². The van der Waals surface area contributed by atoms with Crippen molar-refractivity contribution in [2.24, 2.45) is 11.7 Å². The first-order valence-corrected chi connectivity index (χ1v) is 6.07. The van der Waals surface area contributed by atoms with Crippen molar-refractivity contribution in [1.29, 1.82) is 0 Å². The standard InChI is InChI=1S/C12H23N3O/c1-5-6-10-14-11(15-16-10)12(4,13)8-7-9(2)3/h9H,5-8,13H2,1-4H3. The van der Waals surface area contributed by atoms with E-state index in [1.54, 1.807) is 0 Å².